The summed E-state index contributed by atoms with van der Waals surface area (Å²) in [6.45, 7) is 7.00. The Bertz CT molecular complexity index is 1050. The minimum Gasteiger partial charge on any atom is -0.507 e. The molecular weight excluding hydrogens is 404 g/mol. The van der Waals surface area contributed by atoms with Crippen LogP contribution in [0.5, 0.6) is 17.2 Å². The third-order valence-electron chi connectivity index (χ3n) is 4.66. The number of Topliss-reactive ketones (excluding diaryl/α,β-unsaturated/α-hetero) is 1. The summed E-state index contributed by atoms with van der Waals surface area (Å²) in [5.74, 6) is -2.18. The highest BCUT2D eigenvalue weighted by Crippen LogP contribution is 2.38. The summed E-state index contributed by atoms with van der Waals surface area (Å²) in [5, 5.41) is 9.72. The Labute approximate surface area is 179 Å². The number of phenolic OH excluding ortho intramolecular Hbond substituents is 1. The number of benzene rings is 2. The molecule has 1 N–H and O–H groups in total. The molecule has 0 bridgehead atoms. The molecule has 0 spiro atoms. The van der Waals surface area contributed by atoms with Gasteiger partial charge in [-0.25, -0.2) is 4.79 Å². The van der Waals surface area contributed by atoms with Crippen molar-refractivity contribution in [1.82, 2.24) is 0 Å². The van der Waals surface area contributed by atoms with Gasteiger partial charge in [-0.05, 0) is 49.6 Å². The van der Waals surface area contributed by atoms with Gasteiger partial charge in [0.2, 0.25) is 0 Å². The van der Waals surface area contributed by atoms with Crippen molar-refractivity contribution in [1.29, 1.82) is 0 Å². The Morgan fingerprint density at radius 1 is 0.839 bits per heavy atom. The van der Waals surface area contributed by atoms with E-state index in [0.717, 1.165) is 0 Å². The average molecular weight is 428 g/mol. The molecule has 0 heterocycles. The molecule has 2 rings (SSSR count). The predicted molar refractivity (Wildman–Crippen MR) is 110 cm³/mol. The summed E-state index contributed by atoms with van der Waals surface area (Å²) in [5.41, 5.74) is 1.92. The lowest BCUT2D eigenvalue weighted by Crippen LogP contribution is -2.18. The lowest BCUT2D eigenvalue weighted by atomic mass is 9.94. The molecule has 0 aliphatic heterocycles. The number of rotatable bonds is 7. The number of ketones is 1. The van der Waals surface area contributed by atoms with Gasteiger partial charge in [-0.3, -0.25) is 14.4 Å². The maximum Gasteiger partial charge on any atom is 0.342 e. The summed E-state index contributed by atoms with van der Waals surface area (Å²) in [7, 11) is 0. The van der Waals surface area contributed by atoms with Crippen LogP contribution in [-0.2, 0) is 25.5 Å². The standard InChI is InChI=1S/C23H24O8/c1-12-13(2)22(31-16(5)25)19(14(3)21(12)30-15(4)24)10-17(26)11-29-23(28)18-8-6-7-9-20(18)27/h6-9,27H,10-11H2,1-5H3. The fourth-order valence-electron chi connectivity index (χ4n) is 3.07. The van der Waals surface area contributed by atoms with E-state index >= 15 is 0 Å². The third-order valence-corrected chi connectivity index (χ3v) is 4.66. The van der Waals surface area contributed by atoms with Gasteiger partial charge in [-0.15, -0.1) is 0 Å². The molecule has 0 aromatic heterocycles. The second-order valence-electron chi connectivity index (χ2n) is 7.01. The summed E-state index contributed by atoms with van der Waals surface area (Å²) in [6, 6.07) is 5.81. The van der Waals surface area contributed by atoms with Crippen molar-refractivity contribution < 1.29 is 38.5 Å². The molecule has 0 unspecified atom stereocenters. The highest BCUT2D eigenvalue weighted by atomic mass is 16.5. The number of aromatic hydroxyl groups is 1. The Hall–Kier alpha value is -3.68. The van der Waals surface area contributed by atoms with Crippen molar-refractivity contribution in [2.45, 2.75) is 41.0 Å². The Morgan fingerprint density at radius 2 is 1.39 bits per heavy atom. The smallest absolute Gasteiger partial charge is 0.342 e. The van der Waals surface area contributed by atoms with Crippen LogP contribution in [0.3, 0.4) is 0 Å². The quantitative estimate of drug-likeness (QED) is 0.528. The molecule has 31 heavy (non-hydrogen) atoms. The lowest BCUT2D eigenvalue weighted by Gasteiger charge is -2.20. The molecule has 8 nitrogen and oxygen atoms in total. The van der Waals surface area contributed by atoms with E-state index < -0.39 is 30.3 Å². The van der Waals surface area contributed by atoms with Gasteiger partial charge < -0.3 is 19.3 Å². The first kappa shape index (κ1) is 23.6. The summed E-state index contributed by atoms with van der Waals surface area (Å²) in [6.07, 6.45) is -0.224. The van der Waals surface area contributed by atoms with E-state index in [9.17, 15) is 24.3 Å². The fourth-order valence-corrected chi connectivity index (χ4v) is 3.07. The third kappa shape index (κ3) is 5.69. The molecule has 2 aromatic carbocycles. The lowest BCUT2D eigenvalue weighted by molar-refractivity contribution is -0.133. The van der Waals surface area contributed by atoms with Crippen molar-refractivity contribution in [2.75, 3.05) is 6.61 Å². The van der Waals surface area contributed by atoms with Gasteiger partial charge in [0, 0.05) is 25.8 Å². The molecule has 0 radical (unpaired) electrons. The first-order valence-corrected chi connectivity index (χ1v) is 9.49. The molecule has 2 aromatic rings. The van der Waals surface area contributed by atoms with Gasteiger partial charge in [0.1, 0.15) is 22.8 Å². The van der Waals surface area contributed by atoms with E-state index in [-0.39, 0.29) is 29.2 Å². The zero-order valence-electron chi connectivity index (χ0n) is 18.0. The number of para-hydroxylation sites is 1. The molecule has 0 saturated carbocycles. The molecule has 8 heteroatoms. The van der Waals surface area contributed by atoms with E-state index in [1.807, 2.05) is 0 Å². The van der Waals surface area contributed by atoms with E-state index in [1.165, 1.54) is 26.0 Å². The average Bonchev–Trinajstić information content (AvgIpc) is 2.70. The second-order valence-corrected chi connectivity index (χ2v) is 7.01. The minimum atomic E-state index is -0.843. The van der Waals surface area contributed by atoms with Gasteiger partial charge in [0.05, 0.1) is 0 Å². The maximum absolute atomic E-state index is 12.6. The summed E-state index contributed by atoms with van der Waals surface area (Å²) in [4.78, 5) is 47.8. The van der Waals surface area contributed by atoms with Crippen molar-refractivity contribution in [3.05, 3.63) is 52.1 Å². The van der Waals surface area contributed by atoms with E-state index in [1.54, 1.807) is 32.9 Å². The Balaban J connectivity index is 2.31. The van der Waals surface area contributed by atoms with Crippen LogP contribution in [0.1, 0.15) is 46.5 Å². The Kier molecular flexibility index (Phi) is 7.52. The van der Waals surface area contributed by atoms with Crippen LogP contribution in [0.2, 0.25) is 0 Å². The molecule has 0 aliphatic carbocycles. The highest BCUT2D eigenvalue weighted by molar-refractivity contribution is 5.94. The molecule has 0 amide bonds. The zero-order chi connectivity index (χ0) is 23.3. The molecule has 164 valence electrons. The van der Waals surface area contributed by atoms with Crippen molar-refractivity contribution in [3.8, 4) is 17.2 Å². The number of hydrogen-bond donors (Lipinski definition) is 1. The molecule has 0 atom stereocenters. The van der Waals surface area contributed by atoms with E-state index in [2.05, 4.69) is 0 Å². The van der Waals surface area contributed by atoms with Gasteiger partial charge in [0.15, 0.2) is 12.4 Å². The van der Waals surface area contributed by atoms with Crippen LogP contribution in [-0.4, -0.2) is 35.4 Å². The maximum atomic E-state index is 12.6. The van der Waals surface area contributed by atoms with Gasteiger partial charge in [0.25, 0.3) is 0 Å². The second kappa shape index (κ2) is 9.88. The number of esters is 3. The van der Waals surface area contributed by atoms with Crippen LogP contribution in [0.15, 0.2) is 24.3 Å². The molecule has 0 saturated heterocycles. The number of phenols is 1. The molecule has 0 aliphatic rings. The normalized spacial score (nSPS) is 10.4. The van der Waals surface area contributed by atoms with Crippen LogP contribution in [0.4, 0.5) is 0 Å². The van der Waals surface area contributed by atoms with Crippen LogP contribution in [0, 0.1) is 20.8 Å². The minimum absolute atomic E-state index is 0.0598. The molecule has 0 fully saturated rings. The highest BCUT2D eigenvalue weighted by Gasteiger charge is 2.24. The summed E-state index contributed by atoms with van der Waals surface area (Å²) >= 11 is 0. The van der Waals surface area contributed by atoms with Crippen molar-refractivity contribution in [2.24, 2.45) is 0 Å². The van der Waals surface area contributed by atoms with Crippen molar-refractivity contribution >= 4 is 23.7 Å². The SMILES string of the molecule is CC(=O)Oc1c(C)c(C)c(OC(C)=O)c(CC(=O)COC(=O)c2ccccc2O)c1C. The van der Waals surface area contributed by atoms with Crippen LogP contribution < -0.4 is 9.47 Å². The van der Waals surface area contributed by atoms with Crippen LogP contribution in [0.25, 0.3) is 0 Å². The number of carbonyl (C=O) groups is 4. The predicted octanol–water partition coefficient (Wildman–Crippen LogP) is 3.14. The molecular formula is C23H24O8. The number of ether oxygens (including phenoxy) is 3. The fraction of sp³-hybridized carbons (Fsp3) is 0.304. The zero-order valence-corrected chi connectivity index (χ0v) is 18.0. The first-order valence-electron chi connectivity index (χ1n) is 9.49. The first-order chi connectivity index (χ1) is 14.5. The van der Waals surface area contributed by atoms with Gasteiger partial charge in [-0.2, -0.15) is 0 Å². The van der Waals surface area contributed by atoms with Crippen LogP contribution >= 0.6 is 0 Å². The largest absolute Gasteiger partial charge is 0.507 e. The van der Waals surface area contributed by atoms with Gasteiger partial charge >= 0.3 is 17.9 Å². The Morgan fingerprint density at radius 3 is 1.97 bits per heavy atom. The monoisotopic (exact) mass is 428 g/mol. The van der Waals surface area contributed by atoms with Gasteiger partial charge in [-0.1, -0.05) is 12.1 Å². The van der Waals surface area contributed by atoms with E-state index in [0.29, 0.717) is 22.3 Å². The van der Waals surface area contributed by atoms with Crippen molar-refractivity contribution in [3.63, 3.8) is 0 Å². The van der Waals surface area contributed by atoms with E-state index in [4.69, 9.17) is 14.2 Å². The topological polar surface area (TPSA) is 116 Å². The number of hydrogen-bond acceptors (Lipinski definition) is 8. The summed E-state index contributed by atoms with van der Waals surface area (Å²) < 4.78 is 15.7. The number of carbonyl (C=O) groups excluding carboxylic acids is 4.